The topological polar surface area (TPSA) is 101 Å². The fraction of sp³-hybridized carbons (Fsp3) is 0.407. The molecule has 0 radical (unpaired) electrons. The van der Waals surface area contributed by atoms with Crippen LogP contribution in [0.15, 0.2) is 46.7 Å². The van der Waals surface area contributed by atoms with Gasteiger partial charge in [0.1, 0.15) is 0 Å². The van der Waals surface area contributed by atoms with E-state index in [0.29, 0.717) is 30.3 Å². The standard InChI is InChI=1S/C27H32N4O5S2/c1-35-24-14-20-10-13-30(16-21(20)15-25(24)36-2)17-22-18-37-27(28-22)29-26(32)19-6-8-23(9-7-19)38(33,34)31-11-4-3-5-12-31/h6-9,14-15,18H,3-5,10-13,16-17H2,1-2H3,(H,28,29,32). The number of rotatable bonds is 8. The van der Waals surface area contributed by atoms with Crippen molar-refractivity contribution in [3.63, 3.8) is 0 Å². The molecule has 2 aromatic carbocycles. The van der Waals surface area contributed by atoms with Crippen molar-refractivity contribution >= 4 is 32.4 Å². The van der Waals surface area contributed by atoms with E-state index in [4.69, 9.17) is 9.47 Å². The van der Waals surface area contributed by atoms with Crippen molar-refractivity contribution in [2.75, 3.05) is 39.2 Å². The Bertz CT molecular complexity index is 1400. The highest BCUT2D eigenvalue weighted by molar-refractivity contribution is 7.89. The SMILES string of the molecule is COc1cc2c(cc1OC)CN(Cc1csc(NC(=O)c3ccc(S(=O)(=O)N4CCCCC4)cc3)n1)CC2. The first-order valence-electron chi connectivity index (χ1n) is 12.7. The highest BCUT2D eigenvalue weighted by Gasteiger charge is 2.26. The number of amides is 1. The highest BCUT2D eigenvalue weighted by atomic mass is 32.2. The lowest BCUT2D eigenvalue weighted by Gasteiger charge is -2.29. The Morgan fingerprint density at radius 2 is 1.68 bits per heavy atom. The second-order valence-corrected chi connectivity index (χ2v) is 12.3. The summed E-state index contributed by atoms with van der Waals surface area (Å²) < 4.78 is 38.1. The van der Waals surface area contributed by atoms with Gasteiger partial charge in [0, 0.05) is 43.7 Å². The normalized spacial score (nSPS) is 16.6. The number of sulfonamides is 1. The molecule has 0 spiro atoms. The van der Waals surface area contributed by atoms with Crippen molar-refractivity contribution in [2.24, 2.45) is 0 Å². The number of hydrogen-bond donors (Lipinski definition) is 1. The van der Waals surface area contributed by atoms with Gasteiger partial charge >= 0.3 is 0 Å². The van der Waals surface area contributed by atoms with Crippen LogP contribution >= 0.6 is 11.3 Å². The molecule has 1 fully saturated rings. The first-order valence-corrected chi connectivity index (χ1v) is 15.0. The smallest absolute Gasteiger partial charge is 0.257 e. The zero-order valence-electron chi connectivity index (χ0n) is 21.6. The zero-order valence-corrected chi connectivity index (χ0v) is 23.2. The van der Waals surface area contributed by atoms with Crippen LogP contribution < -0.4 is 14.8 Å². The lowest BCUT2D eigenvalue weighted by molar-refractivity contribution is 0.102. The third kappa shape index (κ3) is 5.70. The average Bonchev–Trinajstić information content (AvgIpc) is 3.39. The van der Waals surface area contributed by atoms with E-state index >= 15 is 0 Å². The summed E-state index contributed by atoms with van der Waals surface area (Å²) in [4.78, 5) is 19.9. The number of nitrogens with one attached hydrogen (secondary N) is 1. The van der Waals surface area contributed by atoms with Crippen LogP contribution in [0.2, 0.25) is 0 Å². The number of hydrogen-bond acceptors (Lipinski definition) is 8. The van der Waals surface area contributed by atoms with Gasteiger partial charge in [0.2, 0.25) is 10.0 Å². The van der Waals surface area contributed by atoms with Gasteiger partial charge in [-0.1, -0.05) is 6.42 Å². The molecule has 202 valence electrons. The third-order valence-electron chi connectivity index (χ3n) is 7.02. The molecular formula is C27H32N4O5S2. The maximum Gasteiger partial charge on any atom is 0.257 e. The summed E-state index contributed by atoms with van der Waals surface area (Å²) in [6.45, 7) is 3.44. The lowest BCUT2D eigenvalue weighted by atomic mass is 9.98. The van der Waals surface area contributed by atoms with Crippen LogP contribution in [0.4, 0.5) is 5.13 Å². The molecule has 9 nitrogen and oxygen atoms in total. The Kier molecular flexibility index (Phi) is 7.98. The summed E-state index contributed by atoms with van der Waals surface area (Å²) in [6, 6.07) is 10.2. The molecule has 2 aliphatic rings. The van der Waals surface area contributed by atoms with Gasteiger partial charge < -0.3 is 9.47 Å². The quantitative estimate of drug-likeness (QED) is 0.445. The first-order chi connectivity index (χ1) is 18.4. The Morgan fingerprint density at radius 3 is 2.37 bits per heavy atom. The van der Waals surface area contributed by atoms with E-state index in [-0.39, 0.29) is 10.8 Å². The minimum Gasteiger partial charge on any atom is -0.493 e. The van der Waals surface area contributed by atoms with Gasteiger partial charge in [-0.15, -0.1) is 11.3 Å². The number of benzene rings is 2. The summed E-state index contributed by atoms with van der Waals surface area (Å²) in [5.74, 6) is 1.16. The van der Waals surface area contributed by atoms with Crippen LogP contribution in [-0.4, -0.2) is 62.4 Å². The fourth-order valence-corrected chi connectivity index (χ4v) is 7.16. The number of piperidine rings is 1. The van der Waals surface area contributed by atoms with Crippen molar-refractivity contribution in [3.05, 3.63) is 64.2 Å². The van der Waals surface area contributed by atoms with Gasteiger partial charge in [-0.2, -0.15) is 4.31 Å². The molecule has 0 saturated carbocycles. The van der Waals surface area contributed by atoms with Crippen molar-refractivity contribution in [1.29, 1.82) is 0 Å². The van der Waals surface area contributed by atoms with Crippen LogP contribution in [0.5, 0.6) is 11.5 Å². The van der Waals surface area contributed by atoms with Gasteiger partial charge in [-0.05, 0) is 66.8 Å². The van der Waals surface area contributed by atoms with Crippen molar-refractivity contribution in [1.82, 2.24) is 14.2 Å². The van der Waals surface area contributed by atoms with E-state index in [1.54, 1.807) is 26.4 Å². The van der Waals surface area contributed by atoms with Gasteiger partial charge in [-0.3, -0.25) is 15.0 Å². The number of thiazole rings is 1. The Labute approximate surface area is 227 Å². The molecule has 3 aromatic rings. The zero-order chi connectivity index (χ0) is 26.7. The largest absolute Gasteiger partial charge is 0.493 e. The Hall–Kier alpha value is -2.99. The van der Waals surface area contributed by atoms with Crippen molar-refractivity contribution in [2.45, 2.75) is 43.7 Å². The second-order valence-electron chi connectivity index (χ2n) is 9.52. The van der Waals surface area contributed by atoms with Crippen molar-refractivity contribution < 1.29 is 22.7 Å². The number of nitrogens with zero attached hydrogens (tertiary/aromatic N) is 3. The Balaban J connectivity index is 1.19. The summed E-state index contributed by atoms with van der Waals surface area (Å²) in [5.41, 5.74) is 3.75. The number of anilines is 1. The number of ether oxygens (including phenoxy) is 2. The molecule has 1 aromatic heterocycles. The minimum atomic E-state index is -3.53. The fourth-order valence-electron chi connectivity index (χ4n) is 4.94. The molecule has 0 unspecified atom stereocenters. The molecule has 11 heteroatoms. The van der Waals surface area contributed by atoms with E-state index in [1.165, 1.54) is 38.9 Å². The number of fused-ring (bicyclic) bond motifs is 1. The first kappa shape index (κ1) is 26.6. The molecule has 1 amide bonds. The minimum absolute atomic E-state index is 0.214. The van der Waals surface area contributed by atoms with Gasteiger partial charge in [0.25, 0.3) is 5.91 Å². The van der Waals surface area contributed by atoms with Gasteiger partial charge in [0.15, 0.2) is 16.6 Å². The monoisotopic (exact) mass is 556 g/mol. The van der Waals surface area contributed by atoms with E-state index in [2.05, 4.69) is 21.3 Å². The second kappa shape index (κ2) is 11.4. The molecule has 2 aliphatic heterocycles. The van der Waals surface area contributed by atoms with Crippen LogP contribution in [0.25, 0.3) is 0 Å². The third-order valence-corrected chi connectivity index (χ3v) is 9.74. The van der Waals surface area contributed by atoms with Gasteiger partial charge in [0.05, 0.1) is 24.8 Å². The van der Waals surface area contributed by atoms with Crippen LogP contribution in [-0.2, 0) is 29.5 Å². The van der Waals surface area contributed by atoms with E-state index in [0.717, 1.165) is 56.0 Å². The lowest BCUT2D eigenvalue weighted by Crippen LogP contribution is -2.35. The van der Waals surface area contributed by atoms with E-state index < -0.39 is 10.0 Å². The predicted molar refractivity (Wildman–Crippen MR) is 146 cm³/mol. The van der Waals surface area contributed by atoms with Crippen LogP contribution in [0, 0.1) is 0 Å². The number of carbonyl (C=O) groups excluding carboxylic acids is 1. The predicted octanol–water partition coefficient (Wildman–Crippen LogP) is 4.15. The molecule has 5 rings (SSSR count). The molecule has 0 atom stereocenters. The number of aromatic nitrogens is 1. The maximum atomic E-state index is 12.9. The number of carbonyl (C=O) groups is 1. The number of methoxy groups -OCH3 is 2. The maximum absolute atomic E-state index is 12.9. The summed E-state index contributed by atoms with van der Waals surface area (Å²) in [7, 11) is -0.239. The molecule has 1 N–H and O–H groups in total. The average molecular weight is 557 g/mol. The summed E-state index contributed by atoms with van der Waals surface area (Å²) >= 11 is 1.38. The molecule has 1 saturated heterocycles. The molecule has 3 heterocycles. The van der Waals surface area contributed by atoms with Crippen LogP contribution in [0.1, 0.15) is 46.4 Å². The van der Waals surface area contributed by atoms with Crippen molar-refractivity contribution in [3.8, 4) is 11.5 Å². The molecule has 0 bridgehead atoms. The summed E-state index contributed by atoms with van der Waals surface area (Å²) in [5, 5.41) is 5.31. The van der Waals surface area contributed by atoms with E-state index in [9.17, 15) is 13.2 Å². The highest BCUT2D eigenvalue weighted by Crippen LogP contribution is 2.33. The van der Waals surface area contributed by atoms with Gasteiger partial charge in [-0.25, -0.2) is 13.4 Å². The van der Waals surface area contributed by atoms with Crippen LogP contribution in [0.3, 0.4) is 0 Å². The Morgan fingerprint density at radius 1 is 1.00 bits per heavy atom. The van der Waals surface area contributed by atoms with E-state index in [1.807, 2.05) is 11.4 Å². The molecular weight excluding hydrogens is 524 g/mol. The molecule has 0 aliphatic carbocycles. The molecule has 38 heavy (non-hydrogen) atoms. The summed E-state index contributed by atoms with van der Waals surface area (Å²) in [6.07, 6.45) is 3.72.